The van der Waals surface area contributed by atoms with Crippen molar-refractivity contribution in [3.8, 4) is 6.07 Å². The van der Waals surface area contributed by atoms with Crippen LogP contribution in [0.4, 0.5) is 11.4 Å². The number of carbonyl (C=O) groups is 3. The monoisotopic (exact) mass is 454 g/mol. The van der Waals surface area contributed by atoms with Gasteiger partial charge < -0.3 is 4.90 Å². The highest BCUT2D eigenvalue weighted by Crippen LogP contribution is 2.47. The van der Waals surface area contributed by atoms with E-state index in [1.807, 2.05) is 13.0 Å². The third-order valence-electron chi connectivity index (χ3n) is 6.58. The number of aryl methyl sites for hydroxylation is 1. The maximum Gasteiger partial charge on any atom is 0.270 e. The van der Waals surface area contributed by atoms with E-state index in [4.69, 9.17) is 0 Å². The quantitative estimate of drug-likeness (QED) is 0.301. The van der Waals surface area contributed by atoms with E-state index < -0.39 is 46.4 Å². The minimum atomic E-state index is -1.04. The number of ketones is 1. The lowest BCUT2D eigenvalue weighted by Gasteiger charge is -2.32. The van der Waals surface area contributed by atoms with Crippen LogP contribution in [0.5, 0.6) is 0 Å². The molecule has 3 heterocycles. The van der Waals surface area contributed by atoms with Gasteiger partial charge in [0.25, 0.3) is 5.69 Å². The van der Waals surface area contributed by atoms with Crippen molar-refractivity contribution < 1.29 is 19.3 Å². The number of carbonyl (C=O) groups excluding carboxylic acids is 3. The molecule has 0 aliphatic carbocycles. The van der Waals surface area contributed by atoms with Gasteiger partial charge in [0, 0.05) is 23.9 Å². The third-order valence-corrected chi connectivity index (χ3v) is 6.58. The largest absolute Gasteiger partial charge is 0.359 e. The number of fused-ring (bicyclic) bond motifs is 3. The smallest absolute Gasteiger partial charge is 0.270 e. The number of amides is 2. The number of nitro benzene ring substituents is 1. The summed E-state index contributed by atoms with van der Waals surface area (Å²) in [6.45, 7) is 1.89. The predicted octanol–water partition coefficient (Wildman–Crippen LogP) is 2.92. The van der Waals surface area contributed by atoms with Crippen molar-refractivity contribution in [3.05, 3.63) is 93.7 Å². The number of anilines is 1. The zero-order chi connectivity index (χ0) is 24.1. The number of hydrogen-bond donors (Lipinski definition) is 0. The maximum absolute atomic E-state index is 13.6. The summed E-state index contributed by atoms with van der Waals surface area (Å²) in [5.41, 5.74) is 1.55. The van der Waals surface area contributed by atoms with Gasteiger partial charge in [-0.1, -0.05) is 29.8 Å². The highest BCUT2D eigenvalue weighted by atomic mass is 16.6. The van der Waals surface area contributed by atoms with Gasteiger partial charge in [-0.05, 0) is 31.2 Å². The van der Waals surface area contributed by atoms with Gasteiger partial charge in [-0.25, -0.2) is 4.90 Å². The first-order chi connectivity index (χ1) is 16.3. The Kier molecular flexibility index (Phi) is 4.87. The van der Waals surface area contributed by atoms with E-state index in [0.29, 0.717) is 11.3 Å². The molecule has 3 aliphatic rings. The Morgan fingerprint density at radius 1 is 1.09 bits per heavy atom. The topological polar surface area (TPSA) is 125 Å². The molecule has 34 heavy (non-hydrogen) atoms. The standard InChI is InChI=1S/C25H18N4O5/c1-14-5-7-17(8-6-14)28-24(31)20-19-11-15(13-26)9-10-27(19)22(21(20)25(28)32)23(30)16-3-2-4-18(12-16)29(33)34/h2-12,19-22H,1H3/t19-,20-,21-,22-/m0/s1. The average Bonchev–Trinajstić information content (AvgIpc) is 3.31. The molecule has 2 aromatic carbocycles. The van der Waals surface area contributed by atoms with Crippen LogP contribution in [0.25, 0.3) is 0 Å². The highest BCUT2D eigenvalue weighted by Gasteiger charge is 2.63. The molecule has 0 aromatic heterocycles. The molecule has 168 valence electrons. The molecule has 0 N–H and O–H groups in total. The molecular formula is C25H18N4O5. The van der Waals surface area contributed by atoms with E-state index in [2.05, 4.69) is 0 Å². The van der Waals surface area contributed by atoms with E-state index in [9.17, 15) is 29.8 Å². The molecular weight excluding hydrogens is 436 g/mol. The van der Waals surface area contributed by atoms with Crippen molar-refractivity contribution in [3.63, 3.8) is 0 Å². The number of imide groups is 1. The summed E-state index contributed by atoms with van der Waals surface area (Å²) >= 11 is 0. The lowest BCUT2D eigenvalue weighted by molar-refractivity contribution is -0.384. The number of allylic oxidation sites excluding steroid dienone is 2. The molecule has 9 heteroatoms. The summed E-state index contributed by atoms with van der Waals surface area (Å²) < 4.78 is 0. The minimum Gasteiger partial charge on any atom is -0.359 e. The normalized spacial score (nSPS) is 25.0. The van der Waals surface area contributed by atoms with Gasteiger partial charge in [-0.3, -0.25) is 24.5 Å². The van der Waals surface area contributed by atoms with Crippen LogP contribution in [-0.2, 0) is 9.59 Å². The van der Waals surface area contributed by atoms with Crippen molar-refractivity contribution in [2.75, 3.05) is 4.90 Å². The first-order valence-corrected chi connectivity index (χ1v) is 10.6. The van der Waals surface area contributed by atoms with Crippen LogP contribution in [0.15, 0.2) is 72.5 Å². The van der Waals surface area contributed by atoms with Crippen molar-refractivity contribution >= 4 is 29.0 Å². The molecule has 3 aliphatic heterocycles. The summed E-state index contributed by atoms with van der Waals surface area (Å²) in [6.07, 6.45) is 4.68. The first kappa shape index (κ1) is 21.3. The molecule has 0 saturated carbocycles. The molecule has 5 rings (SSSR count). The summed E-state index contributed by atoms with van der Waals surface area (Å²) in [6, 6.07) is 12.6. The molecule has 2 fully saturated rings. The molecule has 2 saturated heterocycles. The molecule has 9 nitrogen and oxygen atoms in total. The van der Waals surface area contributed by atoms with Crippen molar-refractivity contribution in [2.24, 2.45) is 11.8 Å². The fourth-order valence-electron chi connectivity index (χ4n) is 5.01. The number of nitro groups is 1. The van der Waals surface area contributed by atoms with Crippen LogP contribution in [0.1, 0.15) is 15.9 Å². The summed E-state index contributed by atoms with van der Waals surface area (Å²) in [5, 5.41) is 20.6. The molecule has 0 radical (unpaired) electrons. The second kappa shape index (κ2) is 7.78. The predicted molar refractivity (Wildman–Crippen MR) is 120 cm³/mol. The van der Waals surface area contributed by atoms with Gasteiger partial charge in [0.15, 0.2) is 5.78 Å². The van der Waals surface area contributed by atoms with Gasteiger partial charge >= 0.3 is 0 Å². The summed E-state index contributed by atoms with van der Waals surface area (Å²) in [5.74, 6) is -3.30. The number of hydrogen-bond acceptors (Lipinski definition) is 7. The number of benzene rings is 2. The van der Waals surface area contributed by atoms with Crippen molar-refractivity contribution in [1.29, 1.82) is 5.26 Å². The average molecular weight is 454 g/mol. The SMILES string of the molecule is Cc1ccc(N2C(=O)[C@@H]3[C@H](C2=O)[C@@H](C(=O)c2cccc([N+](=O)[O-])c2)N2C=CC(C#N)=C[C@@H]32)cc1. The van der Waals surface area contributed by atoms with Gasteiger partial charge in [0.1, 0.15) is 6.04 Å². The Hall–Kier alpha value is -4.58. The molecule has 4 atom stereocenters. The van der Waals surface area contributed by atoms with Crippen LogP contribution in [0, 0.1) is 40.2 Å². The Morgan fingerprint density at radius 3 is 2.47 bits per heavy atom. The van der Waals surface area contributed by atoms with E-state index in [1.54, 1.807) is 41.4 Å². The number of nitrogens with zero attached hydrogens (tertiary/aromatic N) is 4. The van der Waals surface area contributed by atoms with Gasteiger partial charge in [-0.2, -0.15) is 5.26 Å². The second-order valence-corrected chi connectivity index (χ2v) is 8.50. The number of nitriles is 1. The Labute approximate surface area is 194 Å². The number of Topliss-reactive ketones (excluding diaryl/α,β-unsaturated/α-hetero) is 1. The summed E-state index contributed by atoms with van der Waals surface area (Å²) in [4.78, 5) is 54.1. The van der Waals surface area contributed by atoms with Gasteiger partial charge in [-0.15, -0.1) is 0 Å². The van der Waals surface area contributed by atoms with E-state index in [-0.39, 0.29) is 11.3 Å². The number of rotatable bonds is 4. The molecule has 0 spiro atoms. The maximum atomic E-state index is 13.6. The van der Waals surface area contributed by atoms with E-state index in [1.165, 1.54) is 30.3 Å². The van der Waals surface area contributed by atoms with Crippen LogP contribution in [0.3, 0.4) is 0 Å². The zero-order valence-electron chi connectivity index (χ0n) is 18.0. The van der Waals surface area contributed by atoms with Crippen LogP contribution in [-0.4, -0.2) is 39.5 Å². The van der Waals surface area contributed by atoms with Gasteiger partial charge in [0.05, 0.1) is 40.1 Å². The van der Waals surface area contributed by atoms with Crippen LogP contribution >= 0.6 is 0 Å². The second-order valence-electron chi connectivity index (χ2n) is 8.50. The van der Waals surface area contributed by atoms with Crippen molar-refractivity contribution in [1.82, 2.24) is 4.90 Å². The zero-order valence-corrected chi connectivity index (χ0v) is 18.0. The molecule has 0 bridgehead atoms. The Morgan fingerprint density at radius 2 is 1.79 bits per heavy atom. The fourth-order valence-corrected chi connectivity index (χ4v) is 5.01. The number of non-ortho nitro benzene ring substituents is 1. The minimum absolute atomic E-state index is 0.0797. The first-order valence-electron chi connectivity index (χ1n) is 10.6. The van der Waals surface area contributed by atoms with E-state index >= 15 is 0 Å². The van der Waals surface area contributed by atoms with Crippen molar-refractivity contribution in [2.45, 2.75) is 19.0 Å². The Bertz CT molecular complexity index is 1350. The lowest BCUT2D eigenvalue weighted by atomic mass is 9.86. The Balaban J connectivity index is 1.60. The van der Waals surface area contributed by atoms with E-state index in [0.717, 1.165) is 10.5 Å². The fraction of sp³-hybridized carbons (Fsp3) is 0.200. The van der Waals surface area contributed by atoms with Crippen LogP contribution < -0.4 is 4.90 Å². The lowest BCUT2D eigenvalue weighted by Crippen LogP contribution is -2.46. The third kappa shape index (κ3) is 3.11. The highest BCUT2D eigenvalue weighted by molar-refractivity contribution is 6.24. The molecule has 2 amide bonds. The van der Waals surface area contributed by atoms with Gasteiger partial charge in [0.2, 0.25) is 11.8 Å². The van der Waals surface area contributed by atoms with Crippen LogP contribution in [0.2, 0.25) is 0 Å². The summed E-state index contributed by atoms with van der Waals surface area (Å²) in [7, 11) is 0. The molecule has 0 unspecified atom stereocenters. The molecule has 2 aromatic rings.